The Morgan fingerprint density at radius 2 is 1.93 bits per heavy atom. The van der Waals surface area contributed by atoms with Crippen molar-refractivity contribution >= 4 is 35.0 Å². The summed E-state index contributed by atoms with van der Waals surface area (Å²) in [5.41, 5.74) is 2.19. The zero-order valence-electron chi connectivity index (χ0n) is 15.8. The molecule has 8 nitrogen and oxygen atoms in total. The molecule has 3 aromatic rings. The molecule has 1 N–H and O–H groups in total. The van der Waals surface area contributed by atoms with Crippen LogP contribution in [0.5, 0.6) is 5.75 Å². The van der Waals surface area contributed by atoms with Crippen LogP contribution in [0.4, 0.5) is 5.82 Å². The summed E-state index contributed by atoms with van der Waals surface area (Å²) >= 11 is 0. The molecule has 0 fully saturated rings. The molecule has 1 aliphatic heterocycles. The lowest BCUT2D eigenvalue weighted by Gasteiger charge is -2.12. The van der Waals surface area contributed by atoms with Crippen molar-refractivity contribution in [3.8, 4) is 5.75 Å². The van der Waals surface area contributed by atoms with Crippen molar-refractivity contribution in [2.75, 3.05) is 38.9 Å². The predicted octanol–water partition coefficient (Wildman–Crippen LogP) is 2.57. The molecule has 0 radical (unpaired) electrons. The Morgan fingerprint density at radius 1 is 1.07 bits per heavy atom. The van der Waals surface area contributed by atoms with Crippen LogP contribution >= 0.6 is 12.4 Å². The van der Waals surface area contributed by atoms with Gasteiger partial charge in [0.2, 0.25) is 5.91 Å². The quantitative estimate of drug-likeness (QED) is 0.564. The first kappa shape index (κ1) is 20.9. The van der Waals surface area contributed by atoms with Gasteiger partial charge in [-0.05, 0) is 18.2 Å². The van der Waals surface area contributed by atoms with E-state index in [-0.39, 0.29) is 18.3 Å². The van der Waals surface area contributed by atoms with Crippen LogP contribution in [0.3, 0.4) is 0 Å². The molecule has 3 heterocycles. The van der Waals surface area contributed by atoms with Gasteiger partial charge in [0.25, 0.3) is 0 Å². The van der Waals surface area contributed by atoms with Crippen molar-refractivity contribution in [3.05, 3.63) is 54.1 Å². The highest BCUT2D eigenvalue weighted by Crippen LogP contribution is 2.37. The second-order valence-electron chi connectivity index (χ2n) is 6.25. The van der Waals surface area contributed by atoms with Crippen LogP contribution in [0.25, 0.3) is 10.9 Å². The molecule has 0 aliphatic carbocycles. The van der Waals surface area contributed by atoms with Crippen LogP contribution in [-0.2, 0) is 14.3 Å². The normalized spacial score (nSPS) is 14.9. The number of halogens is 1. The Balaban J connectivity index is 0.00000240. The third-order valence-electron chi connectivity index (χ3n) is 4.49. The highest BCUT2D eigenvalue weighted by molar-refractivity contribution is 6.05. The molecule has 1 amide bonds. The number of pyridine rings is 1. The van der Waals surface area contributed by atoms with Crippen molar-refractivity contribution in [2.45, 2.75) is 5.92 Å². The van der Waals surface area contributed by atoms with E-state index >= 15 is 0 Å². The lowest BCUT2D eigenvalue weighted by Crippen LogP contribution is -2.15. The highest BCUT2D eigenvalue weighted by atomic mass is 35.5. The van der Waals surface area contributed by atoms with E-state index in [0.717, 1.165) is 10.9 Å². The average molecular weight is 417 g/mol. The Bertz CT molecular complexity index is 1000. The molecule has 29 heavy (non-hydrogen) atoms. The molecule has 2 aromatic heterocycles. The van der Waals surface area contributed by atoms with Gasteiger partial charge >= 0.3 is 0 Å². The molecular weight excluding hydrogens is 396 g/mol. The van der Waals surface area contributed by atoms with Crippen molar-refractivity contribution in [1.82, 2.24) is 15.0 Å². The van der Waals surface area contributed by atoms with Gasteiger partial charge in [0.05, 0.1) is 31.0 Å². The molecule has 0 saturated carbocycles. The number of carbonyl (C=O) groups excluding carboxylic acids is 1. The van der Waals surface area contributed by atoms with Gasteiger partial charge in [0.15, 0.2) is 0 Å². The second-order valence-corrected chi connectivity index (χ2v) is 6.25. The van der Waals surface area contributed by atoms with Gasteiger partial charge in [-0.15, -0.1) is 12.4 Å². The number of nitrogens with one attached hydrogen (secondary N) is 1. The average Bonchev–Trinajstić information content (AvgIpc) is 3.05. The van der Waals surface area contributed by atoms with Crippen molar-refractivity contribution < 1.29 is 19.0 Å². The number of rotatable bonds is 8. The number of aromatic nitrogens is 3. The number of fused-ring (bicyclic) bond motifs is 2. The molecule has 4 rings (SSSR count). The number of benzene rings is 1. The van der Waals surface area contributed by atoms with Gasteiger partial charge in [0, 0.05) is 30.3 Å². The van der Waals surface area contributed by atoms with Gasteiger partial charge in [-0.3, -0.25) is 4.79 Å². The number of anilines is 1. The van der Waals surface area contributed by atoms with Crippen molar-refractivity contribution in [1.29, 1.82) is 0 Å². The zero-order chi connectivity index (χ0) is 19.3. The van der Waals surface area contributed by atoms with Gasteiger partial charge in [-0.25, -0.2) is 15.0 Å². The molecule has 152 valence electrons. The fraction of sp³-hybridized carbons (Fsp3) is 0.300. The standard InChI is InChI=1S/C20H20N4O4.ClH/c1-26-7-8-27-9-10-28-13-4-5-14-16(11-13)22-12-23-18(14)17-15-3-2-6-21-19(15)24-20(17)25;/h2-6,11-12,17H,7-10H2,1H3,(H,21,24,25);1H. The molecule has 0 spiro atoms. The third kappa shape index (κ3) is 4.45. The Kier molecular flexibility index (Phi) is 6.92. The van der Waals surface area contributed by atoms with Crippen LogP contribution in [-0.4, -0.2) is 54.4 Å². The summed E-state index contributed by atoms with van der Waals surface area (Å²) in [5.74, 6) is 0.625. The molecule has 1 atom stereocenters. The van der Waals surface area contributed by atoms with Crippen molar-refractivity contribution in [2.24, 2.45) is 0 Å². The van der Waals surface area contributed by atoms with E-state index in [9.17, 15) is 4.79 Å². The number of nitrogens with zero attached hydrogens (tertiary/aromatic N) is 3. The predicted molar refractivity (Wildman–Crippen MR) is 110 cm³/mol. The van der Waals surface area contributed by atoms with E-state index < -0.39 is 5.92 Å². The summed E-state index contributed by atoms with van der Waals surface area (Å²) in [4.78, 5) is 25.5. The third-order valence-corrected chi connectivity index (χ3v) is 4.49. The largest absolute Gasteiger partial charge is 0.491 e. The first-order valence-corrected chi connectivity index (χ1v) is 8.98. The fourth-order valence-electron chi connectivity index (χ4n) is 3.20. The zero-order valence-corrected chi connectivity index (χ0v) is 16.6. The minimum Gasteiger partial charge on any atom is -0.491 e. The number of amides is 1. The van der Waals surface area contributed by atoms with Gasteiger partial charge in [-0.1, -0.05) is 6.07 Å². The fourth-order valence-corrected chi connectivity index (χ4v) is 3.20. The van der Waals surface area contributed by atoms with Crippen LogP contribution in [0.1, 0.15) is 17.2 Å². The minimum atomic E-state index is -0.504. The first-order chi connectivity index (χ1) is 13.8. The lowest BCUT2D eigenvalue weighted by molar-refractivity contribution is -0.116. The maximum atomic E-state index is 12.5. The maximum Gasteiger partial charge on any atom is 0.239 e. The van der Waals surface area contributed by atoms with E-state index in [2.05, 4.69) is 20.3 Å². The second kappa shape index (κ2) is 9.60. The van der Waals surface area contributed by atoms with Gasteiger partial charge in [-0.2, -0.15) is 0 Å². The number of hydrogen-bond donors (Lipinski definition) is 1. The Morgan fingerprint density at radius 3 is 2.79 bits per heavy atom. The van der Waals surface area contributed by atoms with Crippen LogP contribution in [0.15, 0.2) is 42.9 Å². The van der Waals surface area contributed by atoms with Crippen LogP contribution in [0, 0.1) is 0 Å². The number of methoxy groups -OCH3 is 1. The summed E-state index contributed by atoms with van der Waals surface area (Å²) in [7, 11) is 1.63. The van der Waals surface area contributed by atoms with Crippen molar-refractivity contribution in [3.63, 3.8) is 0 Å². The maximum absolute atomic E-state index is 12.5. The van der Waals surface area contributed by atoms with Crippen LogP contribution < -0.4 is 10.1 Å². The summed E-state index contributed by atoms with van der Waals surface area (Å²) in [6.07, 6.45) is 3.12. The molecule has 9 heteroatoms. The van der Waals surface area contributed by atoms with Crippen LogP contribution in [0.2, 0.25) is 0 Å². The smallest absolute Gasteiger partial charge is 0.239 e. The molecule has 0 bridgehead atoms. The van der Waals surface area contributed by atoms with E-state index in [0.29, 0.717) is 49.2 Å². The summed E-state index contributed by atoms with van der Waals surface area (Å²) < 4.78 is 16.0. The van der Waals surface area contributed by atoms with Gasteiger partial charge in [0.1, 0.15) is 30.4 Å². The molecule has 0 saturated heterocycles. The molecular formula is C20H21ClN4O4. The van der Waals surface area contributed by atoms with E-state index in [1.54, 1.807) is 13.3 Å². The highest BCUT2D eigenvalue weighted by Gasteiger charge is 2.34. The number of carbonyl (C=O) groups is 1. The summed E-state index contributed by atoms with van der Waals surface area (Å²) in [5, 5.41) is 3.62. The number of hydrogen-bond acceptors (Lipinski definition) is 7. The lowest BCUT2D eigenvalue weighted by atomic mass is 9.95. The summed E-state index contributed by atoms with van der Waals surface area (Å²) in [6.45, 7) is 2.00. The molecule has 1 aromatic carbocycles. The summed E-state index contributed by atoms with van der Waals surface area (Å²) in [6, 6.07) is 9.28. The molecule has 1 unspecified atom stereocenters. The minimum absolute atomic E-state index is 0. The Labute approximate surface area is 174 Å². The SMILES string of the molecule is COCCOCCOc1ccc2c(C3C(=O)Nc4ncccc43)ncnc2c1.Cl. The van der Waals surface area contributed by atoms with Gasteiger partial charge < -0.3 is 19.5 Å². The van der Waals surface area contributed by atoms with E-state index in [1.807, 2.05) is 30.3 Å². The number of ether oxygens (including phenoxy) is 3. The van der Waals surface area contributed by atoms with E-state index in [1.165, 1.54) is 6.33 Å². The molecule has 1 aliphatic rings. The topological polar surface area (TPSA) is 95.5 Å². The van der Waals surface area contributed by atoms with E-state index in [4.69, 9.17) is 14.2 Å². The Hall–Kier alpha value is -2.81. The first-order valence-electron chi connectivity index (χ1n) is 8.98. The monoisotopic (exact) mass is 416 g/mol.